The Balaban J connectivity index is 1.18. The number of nitrogens with one attached hydrogen (secondary N) is 5. The van der Waals surface area contributed by atoms with Gasteiger partial charge in [0.05, 0.1) is 18.3 Å². The maximum Gasteiger partial charge on any atom is 0.414 e. The Kier molecular flexibility index (Phi) is 12.0. The van der Waals surface area contributed by atoms with Gasteiger partial charge >= 0.3 is 6.09 Å². The molecule has 0 saturated heterocycles. The summed E-state index contributed by atoms with van der Waals surface area (Å²) in [7, 11) is 1.53. The number of thiocarbonyl (C=S) groups is 2. The molecule has 3 amide bonds. The van der Waals surface area contributed by atoms with Gasteiger partial charge in [-0.1, -0.05) is 24.4 Å². The first-order chi connectivity index (χ1) is 24.1. The summed E-state index contributed by atoms with van der Waals surface area (Å²) in [6.45, 7) is 1.18. The minimum absolute atomic E-state index is 0.0156. The Hall–Kier alpha value is -5.48. The average Bonchev–Trinajstić information content (AvgIpc) is 3.09. The van der Waals surface area contributed by atoms with Crippen molar-refractivity contribution >= 4 is 63.7 Å². The largest absolute Gasteiger partial charge is 0.490 e. The molecule has 0 bridgehead atoms. The predicted octanol–water partition coefficient (Wildman–Crippen LogP) is 4.32. The first kappa shape index (κ1) is 35.8. The molecule has 0 radical (unpaired) electrons. The second-order valence-electron chi connectivity index (χ2n) is 11.1. The van der Waals surface area contributed by atoms with Gasteiger partial charge < -0.3 is 41.0 Å². The first-order valence-corrected chi connectivity index (χ1v) is 16.3. The van der Waals surface area contributed by atoms with Crippen molar-refractivity contribution in [2.45, 2.75) is 19.4 Å². The monoisotopic (exact) mass is 721 g/mol. The molecule has 1 aromatic heterocycles. The van der Waals surface area contributed by atoms with Crippen LogP contribution in [0.15, 0.2) is 89.6 Å². The van der Waals surface area contributed by atoms with Gasteiger partial charge in [0.15, 0.2) is 0 Å². The highest BCUT2D eigenvalue weighted by molar-refractivity contribution is 7.81. The van der Waals surface area contributed by atoms with Crippen LogP contribution in [0.5, 0.6) is 5.75 Å². The van der Waals surface area contributed by atoms with E-state index in [0.717, 1.165) is 5.56 Å². The number of amides is 3. The number of ether oxygens (including phenoxy) is 2. The number of rotatable bonds is 12. The Morgan fingerprint density at radius 3 is 2.10 bits per heavy atom. The van der Waals surface area contributed by atoms with E-state index in [1.165, 1.54) is 60.5 Å². The fourth-order valence-electron chi connectivity index (χ4n) is 4.94. The second kappa shape index (κ2) is 16.8. The summed E-state index contributed by atoms with van der Waals surface area (Å²) < 4.78 is 38.2. The highest BCUT2D eigenvalue weighted by atomic mass is 32.1. The van der Waals surface area contributed by atoms with Crippen LogP contribution >= 0.6 is 24.4 Å². The molecule has 0 fully saturated rings. The third-order valence-corrected chi connectivity index (χ3v) is 8.17. The van der Waals surface area contributed by atoms with Crippen molar-refractivity contribution in [3.05, 3.63) is 107 Å². The van der Waals surface area contributed by atoms with Crippen molar-refractivity contribution in [1.29, 1.82) is 0 Å². The van der Waals surface area contributed by atoms with E-state index < -0.39 is 17.8 Å². The fourth-order valence-corrected chi connectivity index (χ4v) is 5.60. The number of anilines is 2. The molecule has 2 aromatic carbocycles. The lowest BCUT2D eigenvalue weighted by atomic mass is 10.1. The second-order valence-corrected chi connectivity index (χ2v) is 11.9. The Morgan fingerprint density at radius 2 is 1.46 bits per heavy atom. The molecule has 3 heterocycles. The van der Waals surface area contributed by atoms with Crippen LogP contribution < -0.4 is 31.3 Å². The van der Waals surface area contributed by atoms with Crippen molar-refractivity contribution in [2.24, 2.45) is 0 Å². The minimum Gasteiger partial charge on any atom is -0.490 e. The lowest BCUT2D eigenvalue weighted by molar-refractivity contribution is -0.118. The smallest absolute Gasteiger partial charge is 0.414 e. The molecule has 16 heteroatoms. The standard InChI is InChI=1S/C34H33F2N7O5S2/c1-43(34(46)48-26-12-15-39-31(45)29(26)33(50)42-24-8-4-22(36)5-9-24)16-17-47-27-19-37-13-10-20(27)18-40-25-11-14-38-30(44)28(25)32(49)41-23-6-2-21(35)3-7-23/h2-10,13,19,40H,11-12,14-18H2,1H3,(H,38,44)(H,39,45)(H,41,49)(H,42,50). The van der Waals surface area contributed by atoms with Crippen LogP contribution in [-0.2, 0) is 20.9 Å². The molecule has 2 aliphatic heterocycles. The lowest BCUT2D eigenvalue weighted by Gasteiger charge is -2.24. The third kappa shape index (κ3) is 9.35. The van der Waals surface area contributed by atoms with E-state index in [9.17, 15) is 23.2 Å². The Labute approximate surface area is 297 Å². The topological polar surface area (TPSA) is 146 Å². The highest BCUT2D eigenvalue weighted by Crippen LogP contribution is 2.22. The van der Waals surface area contributed by atoms with Crippen molar-refractivity contribution in [3.8, 4) is 5.75 Å². The number of hydrogen-bond donors (Lipinski definition) is 5. The third-order valence-electron chi connectivity index (χ3n) is 7.56. The number of aromatic nitrogens is 1. The molecule has 0 aliphatic carbocycles. The average molecular weight is 722 g/mol. The van der Waals surface area contributed by atoms with Crippen LogP contribution in [0.2, 0.25) is 0 Å². The Bertz CT molecular complexity index is 1850. The summed E-state index contributed by atoms with van der Waals surface area (Å²) in [6, 6.07) is 12.9. The molecule has 5 rings (SSSR count). The molecule has 0 atom stereocenters. The summed E-state index contributed by atoms with van der Waals surface area (Å²) in [4.78, 5) is 44.1. The zero-order valence-electron chi connectivity index (χ0n) is 26.8. The number of halogens is 2. The van der Waals surface area contributed by atoms with E-state index in [4.69, 9.17) is 33.9 Å². The van der Waals surface area contributed by atoms with Crippen LogP contribution in [0.25, 0.3) is 0 Å². The SMILES string of the molecule is CN(CCOc1cnccc1CNC1=C(C(=S)Nc2ccc(F)cc2)C(=O)NCC1)C(=O)OC1=C(C(=S)Nc2ccc(F)cc2)C(=O)NCC1. The highest BCUT2D eigenvalue weighted by Gasteiger charge is 2.28. The molecular weight excluding hydrogens is 689 g/mol. The zero-order chi connectivity index (χ0) is 35.6. The van der Waals surface area contributed by atoms with Gasteiger partial charge in [0.1, 0.15) is 45.3 Å². The molecule has 50 heavy (non-hydrogen) atoms. The number of likely N-dealkylation sites (N-methyl/N-ethyl adjacent to an activating group) is 1. The Morgan fingerprint density at radius 1 is 0.880 bits per heavy atom. The summed E-state index contributed by atoms with van der Waals surface area (Å²) in [5, 5.41) is 14.7. The van der Waals surface area contributed by atoms with Crippen LogP contribution in [0, 0.1) is 11.6 Å². The summed E-state index contributed by atoms with van der Waals surface area (Å²) in [6.07, 6.45) is 3.19. The quantitative estimate of drug-likeness (QED) is 0.171. The van der Waals surface area contributed by atoms with Gasteiger partial charge in [0.25, 0.3) is 11.8 Å². The number of hydrogen-bond acceptors (Lipinski definition) is 9. The fraction of sp³-hybridized carbons (Fsp3) is 0.235. The van der Waals surface area contributed by atoms with Gasteiger partial charge in [0, 0.05) is 68.4 Å². The van der Waals surface area contributed by atoms with Crippen molar-refractivity contribution in [2.75, 3.05) is 43.9 Å². The van der Waals surface area contributed by atoms with Gasteiger partial charge in [-0.15, -0.1) is 0 Å². The molecule has 12 nitrogen and oxygen atoms in total. The normalized spacial score (nSPS) is 14.3. The van der Waals surface area contributed by atoms with Crippen LogP contribution in [0.3, 0.4) is 0 Å². The minimum atomic E-state index is -0.714. The van der Waals surface area contributed by atoms with E-state index >= 15 is 0 Å². The van der Waals surface area contributed by atoms with Gasteiger partial charge in [-0.05, 0) is 54.6 Å². The lowest BCUT2D eigenvalue weighted by Crippen LogP contribution is -2.39. The summed E-state index contributed by atoms with van der Waals surface area (Å²) in [5.41, 5.74) is 2.69. The molecule has 260 valence electrons. The first-order valence-electron chi connectivity index (χ1n) is 15.5. The maximum absolute atomic E-state index is 13.3. The van der Waals surface area contributed by atoms with Gasteiger partial charge in [-0.2, -0.15) is 0 Å². The predicted molar refractivity (Wildman–Crippen MR) is 190 cm³/mol. The van der Waals surface area contributed by atoms with Gasteiger partial charge in [0.2, 0.25) is 0 Å². The number of carbonyl (C=O) groups is 3. The number of carbonyl (C=O) groups excluding carboxylic acids is 3. The summed E-state index contributed by atoms with van der Waals surface area (Å²) in [5.74, 6) is -1.06. The van der Waals surface area contributed by atoms with Crippen LogP contribution in [-0.4, -0.2) is 71.1 Å². The maximum atomic E-state index is 13.3. The number of benzene rings is 2. The van der Waals surface area contributed by atoms with Crippen molar-refractivity contribution in [1.82, 2.24) is 25.8 Å². The molecule has 3 aromatic rings. The van der Waals surface area contributed by atoms with Crippen molar-refractivity contribution < 1.29 is 32.6 Å². The number of pyridine rings is 1. The van der Waals surface area contributed by atoms with E-state index in [1.807, 2.05) is 0 Å². The van der Waals surface area contributed by atoms with E-state index in [2.05, 4.69) is 31.6 Å². The van der Waals surface area contributed by atoms with E-state index in [-0.39, 0.29) is 71.3 Å². The molecule has 0 saturated carbocycles. The molecular formula is C34H33F2N7O5S2. The van der Waals surface area contributed by atoms with Gasteiger partial charge in [-0.3, -0.25) is 14.6 Å². The molecule has 5 N–H and O–H groups in total. The van der Waals surface area contributed by atoms with E-state index in [1.54, 1.807) is 18.5 Å². The number of nitrogens with zero attached hydrogens (tertiary/aromatic N) is 2. The molecule has 2 aliphatic rings. The van der Waals surface area contributed by atoms with E-state index in [0.29, 0.717) is 35.8 Å². The van der Waals surface area contributed by atoms with Crippen LogP contribution in [0.1, 0.15) is 18.4 Å². The van der Waals surface area contributed by atoms with Crippen LogP contribution in [0.4, 0.5) is 25.0 Å². The van der Waals surface area contributed by atoms with Gasteiger partial charge in [-0.25, -0.2) is 13.6 Å². The molecule has 0 spiro atoms. The van der Waals surface area contributed by atoms with Crippen molar-refractivity contribution in [3.63, 3.8) is 0 Å². The zero-order valence-corrected chi connectivity index (χ0v) is 28.4. The summed E-state index contributed by atoms with van der Waals surface area (Å²) >= 11 is 10.9. The molecule has 0 unspecified atom stereocenters.